The summed E-state index contributed by atoms with van der Waals surface area (Å²) < 4.78 is 6.13. The van der Waals surface area contributed by atoms with Gasteiger partial charge in [-0.15, -0.1) is 11.3 Å². The second-order valence-electron chi connectivity index (χ2n) is 8.75. The van der Waals surface area contributed by atoms with Gasteiger partial charge < -0.3 is 26.0 Å². The Labute approximate surface area is 225 Å². The van der Waals surface area contributed by atoms with Crippen LogP contribution < -0.4 is 11.1 Å². The lowest BCUT2D eigenvalue weighted by molar-refractivity contribution is 0.158. The van der Waals surface area contributed by atoms with E-state index in [1.165, 1.54) is 0 Å². The first-order valence-electron chi connectivity index (χ1n) is 12.2. The lowest BCUT2D eigenvalue weighted by Crippen LogP contribution is -2.17. The number of hydrogen-bond acceptors (Lipinski definition) is 7. The Balaban J connectivity index is 0.00000316. The number of rotatable bonds is 12. The Morgan fingerprint density at radius 2 is 2.11 bits per heavy atom. The quantitative estimate of drug-likeness (QED) is 0.202. The van der Waals surface area contributed by atoms with Gasteiger partial charge in [0.1, 0.15) is 5.76 Å². The molecule has 1 heterocycles. The van der Waals surface area contributed by atoms with Crippen molar-refractivity contribution in [2.75, 3.05) is 20.3 Å². The number of thiazole rings is 1. The number of hydrogen-bond donors (Lipinski definition) is 4. The van der Waals surface area contributed by atoms with Crippen molar-refractivity contribution in [2.45, 2.75) is 53.5 Å². The first-order valence-corrected chi connectivity index (χ1v) is 13.5. The van der Waals surface area contributed by atoms with Crippen LogP contribution in [0.15, 0.2) is 75.7 Å². The zero-order valence-electron chi connectivity index (χ0n) is 22.1. The monoisotopic (exact) mass is 535 g/mol. The molecule has 0 aliphatic heterocycles. The average molecular weight is 536 g/mol. The maximum atomic E-state index is 9.20. The minimum atomic E-state index is 0.115. The van der Waals surface area contributed by atoms with Crippen LogP contribution in [0.2, 0.25) is 0 Å². The summed E-state index contributed by atoms with van der Waals surface area (Å²) in [6, 6.07) is 0. The predicted octanol–water partition coefficient (Wildman–Crippen LogP) is 5.71. The Bertz CT molecular complexity index is 974. The molecule has 5 N–H and O–H groups in total. The van der Waals surface area contributed by atoms with Gasteiger partial charge in [-0.05, 0) is 50.5 Å². The zero-order valence-corrected chi connectivity index (χ0v) is 23.7. The van der Waals surface area contributed by atoms with Crippen molar-refractivity contribution in [2.24, 2.45) is 17.6 Å². The Hall–Kier alpha value is -2.32. The molecule has 0 amide bonds. The summed E-state index contributed by atoms with van der Waals surface area (Å²) in [6.45, 7) is 9.55. The molecule has 1 aliphatic carbocycles. The maximum Gasteiger partial charge on any atom is 0.103 e. The van der Waals surface area contributed by atoms with E-state index < -0.39 is 0 Å². The average Bonchev–Trinajstić information content (AvgIpc) is 3.29. The van der Waals surface area contributed by atoms with Gasteiger partial charge in [0.25, 0.3) is 0 Å². The molecule has 1 aromatic heterocycles. The Kier molecular flexibility index (Phi) is 15.9. The molecule has 0 saturated carbocycles. The third-order valence-corrected chi connectivity index (χ3v) is 6.27. The fourth-order valence-corrected chi connectivity index (χ4v) is 4.30. The van der Waals surface area contributed by atoms with Crippen LogP contribution in [0.5, 0.6) is 0 Å². The molecule has 0 aromatic carbocycles. The molecular weight excluding hydrogens is 494 g/mol. The number of ether oxygens (including phenoxy) is 1. The molecule has 1 aromatic rings. The number of nitrogens with two attached hydrogens (primary N) is 1. The largest absolute Gasteiger partial charge is 0.497 e. The van der Waals surface area contributed by atoms with E-state index in [0.29, 0.717) is 31.2 Å². The van der Waals surface area contributed by atoms with E-state index in [1.54, 1.807) is 11.3 Å². The maximum absolute atomic E-state index is 9.20. The Morgan fingerprint density at radius 1 is 1.36 bits per heavy atom. The highest BCUT2D eigenvalue weighted by Gasteiger charge is 2.17. The molecule has 200 valence electrons. The van der Waals surface area contributed by atoms with Crippen LogP contribution in [-0.2, 0) is 17.7 Å². The van der Waals surface area contributed by atoms with Crippen molar-refractivity contribution in [1.29, 1.82) is 0 Å². The van der Waals surface area contributed by atoms with E-state index >= 15 is 0 Å². The van der Waals surface area contributed by atoms with Gasteiger partial charge in [-0.1, -0.05) is 49.2 Å². The number of nitrogens with zero attached hydrogens (tertiary/aromatic N) is 1. The van der Waals surface area contributed by atoms with E-state index in [4.69, 9.17) is 32.2 Å². The SMILES string of the molecule is CO.C\C=C/C(N)=C(\C=C(/C)CCO)NCc1csc(CC2C=CC/C(Cl)=C\C=C/2OCC(C)C)n1. The van der Waals surface area contributed by atoms with Gasteiger partial charge in [-0.25, -0.2) is 4.98 Å². The summed E-state index contributed by atoms with van der Waals surface area (Å²) >= 11 is 7.90. The van der Waals surface area contributed by atoms with Crippen LogP contribution in [0.1, 0.15) is 51.2 Å². The van der Waals surface area contributed by atoms with E-state index in [9.17, 15) is 5.11 Å². The number of allylic oxidation sites excluding steroid dienone is 8. The molecule has 8 heteroatoms. The van der Waals surface area contributed by atoms with Gasteiger partial charge in [0.05, 0.1) is 35.2 Å². The zero-order chi connectivity index (χ0) is 26.9. The molecule has 0 fully saturated rings. The van der Waals surface area contributed by atoms with E-state index in [0.717, 1.165) is 52.7 Å². The molecule has 0 bridgehead atoms. The number of aromatic nitrogens is 1. The van der Waals surface area contributed by atoms with Gasteiger partial charge in [-0.3, -0.25) is 0 Å². The summed E-state index contributed by atoms with van der Waals surface area (Å²) in [5.74, 6) is 1.49. The first-order chi connectivity index (χ1) is 17.3. The van der Waals surface area contributed by atoms with Crippen LogP contribution in [0.3, 0.4) is 0 Å². The molecule has 6 nitrogen and oxygen atoms in total. The highest BCUT2D eigenvalue weighted by molar-refractivity contribution is 7.09. The lowest BCUT2D eigenvalue weighted by Gasteiger charge is -2.19. The summed E-state index contributed by atoms with van der Waals surface area (Å²) in [5.41, 5.74) is 9.74. The third kappa shape index (κ3) is 12.1. The van der Waals surface area contributed by atoms with Gasteiger partial charge in [0, 0.05) is 42.9 Å². The summed E-state index contributed by atoms with van der Waals surface area (Å²) in [7, 11) is 1.00. The fraction of sp³-hybridized carbons (Fsp3) is 0.464. The minimum Gasteiger partial charge on any atom is -0.497 e. The lowest BCUT2D eigenvalue weighted by atomic mass is 10.00. The topological polar surface area (TPSA) is 101 Å². The number of halogens is 1. The standard InChI is InChI=1S/C27H38ClN3O2S.CH4O/c1-5-7-24(29)25(14-20(4)12-13-32)30-16-23-18-34-27(31-23)15-21-8-6-9-22(28)10-11-26(21)33-17-19(2)3;1-2/h5-8,10-11,14,18-19,21,30,32H,9,12-13,15-17,29H2,1-4H3;2H,1H3/b7-5-,8-6?,20-14+,22-10+,25-24-,26-11+;. The van der Waals surface area contributed by atoms with Crippen molar-refractivity contribution >= 4 is 22.9 Å². The molecule has 0 spiro atoms. The van der Waals surface area contributed by atoms with E-state index in [2.05, 4.69) is 36.7 Å². The highest BCUT2D eigenvalue weighted by atomic mass is 35.5. The van der Waals surface area contributed by atoms with Gasteiger partial charge in [-0.2, -0.15) is 0 Å². The van der Waals surface area contributed by atoms with Crippen LogP contribution in [0.4, 0.5) is 0 Å². The molecule has 2 rings (SSSR count). The molecule has 1 aliphatic rings. The number of aliphatic hydroxyl groups is 2. The van der Waals surface area contributed by atoms with Crippen molar-refractivity contribution < 1.29 is 14.9 Å². The summed E-state index contributed by atoms with van der Waals surface area (Å²) in [6.07, 6.45) is 16.1. The second kappa shape index (κ2) is 18.0. The van der Waals surface area contributed by atoms with Gasteiger partial charge in [0.15, 0.2) is 0 Å². The normalized spacial score (nSPS) is 19.9. The van der Waals surface area contributed by atoms with Gasteiger partial charge in [0.2, 0.25) is 0 Å². The highest BCUT2D eigenvalue weighted by Crippen LogP contribution is 2.26. The van der Waals surface area contributed by atoms with Crippen molar-refractivity contribution in [3.63, 3.8) is 0 Å². The van der Waals surface area contributed by atoms with Crippen LogP contribution in [0, 0.1) is 11.8 Å². The predicted molar refractivity (Wildman–Crippen MR) is 152 cm³/mol. The third-order valence-electron chi connectivity index (χ3n) is 5.07. The fourth-order valence-electron chi connectivity index (χ4n) is 3.29. The van der Waals surface area contributed by atoms with Crippen molar-refractivity contribution in [1.82, 2.24) is 10.3 Å². The van der Waals surface area contributed by atoms with Crippen molar-refractivity contribution in [3.8, 4) is 0 Å². The first kappa shape index (κ1) is 31.7. The molecule has 0 radical (unpaired) electrons. The van der Waals surface area contributed by atoms with Crippen LogP contribution in [-0.4, -0.2) is 35.5 Å². The molecule has 1 atom stereocenters. The molecule has 0 saturated heterocycles. The number of aliphatic hydroxyl groups excluding tert-OH is 2. The smallest absolute Gasteiger partial charge is 0.103 e. The Morgan fingerprint density at radius 3 is 2.78 bits per heavy atom. The van der Waals surface area contributed by atoms with Crippen LogP contribution >= 0.6 is 22.9 Å². The summed E-state index contributed by atoms with van der Waals surface area (Å²) in [4.78, 5) is 4.85. The van der Waals surface area contributed by atoms with Crippen LogP contribution in [0.25, 0.3) is 0 Å². The molecule has 1 unspecified atom stereocenters. The molecular formula is C28H42ClN3O3S. The summed E-state index contributed by atoms with van der Waals surface area (Å²) in [5, 5.41) is 23.5. The molecule has 36 heavy (non-hydrogen) atoms. The number of nitrogens with one attached hydrogen (secondary N) is 1. The second-order valence-corrected chi connectivity index (χ2v) is 10.2. The van der Waals surface area contributed by atoms with Gasteiger partial charge >= 0.3 is 0 Å². The minimum absolute atomic E-state index is 0.115. The van der Waals surface area contributed by atoms with Crippen molar-refractivity contribution in [3.05, 3.63) is 86.4 Å². The van der Waals surface area contributed by atoms with E-state index in [1.807, 2.05) is 44.2 Å². The van der Waals surface area contributed by atoms with E-state index in [-0.39, 0.29) is 12.5 Å².